The predicted molar refractivity (Wildman–Crippen MR) is 47.4 cm³/mol. The van der Waals surface area contributed by atoms with Crippen LogP contribution >= 0.6 is 11.5 Å². The van der Waals surface area contributed by atoms with Crippen LogP contribution in [0.15, 0.2) is 18.6 Å². The van der Waals surface area contributed by atoms with Gasteiger partial charge in [0.15, 0.2) is 5.75 Å². The van der Waals surface area contributed by atoms with E-state index in [4.69, 9.17) is 4.74 Å². The minimum atomic E-state index is 0.503. The van der Waals surface area contributed by atoms with E-state index >= 15 is 0 Å². The molecule has 0 amide bonds. The quantitative estimate of drug-likeness (QED) is 0.730. The molecule has 13 heavy (non-hydrogen) atoms. The van der Waals surface area contributed by atoms with Crippen LogP contribution in [0.25, 0.3) is 0 Å². The highest BCUT2D eigenvalue weighted by Crippen LogP contribution is 2.11. The average molecular weight is 196 g/mol. The molecule has 2 heterocycles. The van der Waals surface area contributed by atoms with Gasteiger partial charge in [0.25, 0.3) is 0 Å². The van der Waals surface area contributed by atoms with Crippen LogP contribution in [-0.2, 0) is 13.7 Å². The molecular weight excluding hydrogens is 188 g/mol. The Bertz CT molecular complexity index is 370. The van der Waals surface area contributed by atoms with Crippen LogP contribution in [0, 0.1) is 0 Å². The van der Waals surface area contributed by atoms with Crippen molar-refractivity contribution in [3.63, 3.8) is 0 Å². The second-order valence-corrected chi connectivity index (χ2v) is 3.39. The summed E-state index contributed by atoms with van der Waals surface area (Å²) in [5.74, 6) is 0.760. The minimum Gasteiger partial charge on any atom is -0.485 e. The molecule has 0 saturated carbocycles. The monoisotopic (exact) mass is 196 g/mol. The normalized spacial score (nSPS) is 10.2. The van der Waals surface area contributed by atoms with E-state index < -0.39 is 0 Å². The molecule has 2 aromatic heterocycles. The first-order chi connectivity index (χ1) is 6.34. The van der Waals surface area contributed by atoms with Gasteiger partial charge in [-0.05, 0) is 11.5 Å². The van der Waals surface area contributed by atoms with E-state index in [1.807, 2.05) is 13.2 Å². The topological polar surface area (TPSA) is 52.8 Å². The summed E-state index contributed by atoms with van der Waals surface area (Å²) in [5.41, 5.74) is 0. The predicted octanol–water partition coefficient (Wildman–Crippen LogP) is 0.851. The Kier molecular flexibility index (Phi) is 2.22. The molecular formula is C7H8N4OS. The van der Waals surface area contributed by atoms with Gasteiger partial charge in [-0.25, -0.2) is 0 Å². The van der Waals surface area contributed by atoms with E-state index in [0.717, 1.165) is 10.6 Å². The summed E-state index contributed by atoms with van der Waals surface area (Å²) >= 11 is 1.34. The van der Waals surface area contributed by atoms with Gasteiger partial charge in [0.1, 0.15) is 6.61 Å². The Morgan fingerprint density at radius 3 is 3.08 bits per heavy atom. The van der Waals surface area contributed by atoms with Crippen molar-refractivity contribution >= 4 is 11.5 Å². The maximum Gasteiger partial charge on any atom is 0.157 e. The van der Waals surface area contributed by atoms with Crippen molar-refractivity contribution in [3.8, 4) is 5.75 Å². The first-order valence-electron chi connectivity index (χ1n) is 3.72. The summed E-state index contributed by atoms with van der Waals surface area (Å²) in [6.07, 6.45) is 5.18. The zero-order chi connectivity index (χ0) is 9.10. The maximum absolute atomic E-state index is 5.42. The lowest BCUT2D eigenvalue weighted by molar-refractivity contribution is 0.309. The van der Waals surface area contributed by atoms with Crippen LogP contribution < -0.4 is 4.74 Å². The fourth-order valence-corrected chi connectivity index (χ4v) is 1.28. The smallest absolute Gasteiger partial charge is 0.157 e. The van der Waals surface area contributed by atoms with E-state index in [1.165, 1.54) is 11.5 Å². The second-order valence-electron chi connectivity index (χ2n) is 2.52. The van der Waals surface area contributed by atoms with Gasteiger partial charge in [-0.3, -0.25) is 4.68 Å². The molecule has 6 heteroatoms. The van der Waals surface area contributed by atoms with Gasteiger partial charge in [-0.15, -0.1) is 5.10 Å². The maximum atomic E-state index is 5.42. The Balaban J connectivity index is 1.93. The molecule has 5 nitrogen and oxygen atoms in total. The minimum absolute atomic E-state index is 0.503. The first kappa shape index (κ1) is 8.18. The first-order valence-corrected chi connectivity index (χ1v) is 4.49. The average Bonchev–Trinajstić information content (AvgIpc) is 2.71. The molecule has 0 aliphatic heterocycles. The molecule has 0 radical (unpaired) electrons. The molecule has 0 aromatic carbocycles. The highest BCUT2D eigenvalue weighted by atomic mass is 32.1. The number of nitrogens with zero attached hydrogens (tertiary/aromatic N) is 4. The molecule has 0 unspecified atom stereocenters. The summed E-state index contributed by atoms with van der Waals surface area (Å²) in [6, 6.07) is 0. The van der Waals surface area contributed by atoms with Crippen LogP contribution in [0.3, 0.4) is 0 Å². The van der Waals surface area contributed by atoms with Gasteiger partial charge in [0, 0.05) is 7.05 Å². The summed E-state index contributed by atoms with van der Waals surface area (Å²) in [5, 5.41) is 7.69. The molecule has 0 N–H and O–H groups in total. The summed E-state index contributed by atoms with van der Waals surface area (Å²) in [7, 11) is 1.85. The van der Waals surface area contributed by atoms with Crippen molar-refractivity contribution in [2.24, 2.45) is 7.05 Å². The standard InChI is InChI=1S/C7H8N4OS/c1-11-4-6(2-9-11)12-5-7-3-8-10-13-7/h2-4H,5H2,1H3. The molecule has 0 saturated heterocycles. The highest BCUT2D eigenvalue weighted by Gasteiger charge is 1.99. The van der Waals surface area contributed by atoms with E-state index in [-0.39, 0.29) is 0 Å². The number of ether oxygens (including phenoxy) is 1. The largest absolute Gasteiger partial charge is 0.485 e. The van der Waals surface area contributed by atoms with Crippen LogP contribution in [-0.4, -0.2) is 19.4 Å². The second kappa shape index (κ2) is 3.53. The van der Waals surface area contributed by atoms with Gasteiger partial charge in [0.2, 0.25) is 0 Å². The third-order valence-corrected chi connectivity index (χ3v) is 2.10. The summed E-state index contributed by atoms with van der Waals surface area (Å²) in [6.45, 7) is 0.503. The molecule has 2 aromatic rings. The number of hydrogen-bond donors (Lipinski definition) is 0. The zero-order valence-corrected chi connectivity index (χ0v) is 7.86. The van der Waals surface area contributed by atoms with Crippen LogP contribution in [0.2, 0.25) is 0 Å². The van der Waals surface area contributed by atoms with Gasteiger partial charge in [0.05, 0.1) is 23.5 Å². The van der Waals surface area contributed by atoms with Crippen LogP contribution in [0.5, 0.6) is 5.75 Å². The Morgan fingerprint density at radius 1 is 1.54 bits per heavy atom. The van der Waals surface area contributed by atoms with E-state index in [1.54, 1.807) is 17.1 Å². The molecule has 0 atom stereocenters. The lowest BCUT2D eigenvalue weighted by Gasteiger charge is -1.97. The lowest BCUT2D eigenvalue weighted by Crippen LogP contribution is -1.91. The van der Waals surface area contributed by atoms with Gasteiger partial charge < -0.3 is 4.74 Å². The van der Waals surface area contributed by atoms with Crippen molar-refractivity contribution in [2.75, 3.05) is 0 Å². The fourth-order valence-electron chi connectivity index (χ4n) is 0.879. The SMILES string of the molecule is Cn1cc(OCc2cnns2)cn1. The number of rotatable bonds is 3. The number of aryl methyl sites for hydroxylation is 1. The zero-order valence-electron chi connectivity index (χ0n) is 7.04. The fraction of sp³-hybridized carbons (Fsp3) is 0.286. The highest BCUT2D eigenvalue weighted by molar-refractivity contribution is 7.05. The molecule has 68 valence electrons. The lowest BCUT2D eigenvalue weighted by atomic mass is 10.6. The van der Waals surface area contributed by atoms with Gasteiger partial charge in [-0.1, -0.05) is 4.49 Å². The molecule has 0 aliphatic carbocycles. The Hall–Kier alpha value is -1.43. The van der Waals surface area contributed by atoms with Gasteiger partial charge >= 0.3 is 0 Å². The summed E-state index contributed by atoms with van der Waals surface area (Å²) in [4.78, 5) is 1.00. The van der Waals surface area contributed by atoms with E-state index in [0.29, 0.717) is 6.61 Å². The molecule has 2 rings (SSSR count). The van der Waals surface area contributed by atoms with Crippen LogP contribution in [0.1, 0.15) is 4.88 Å². The van der Waals surface area contributed by atoms with Crippen LogP contribution in [0.4, 0.5) is 0 Å². The van der Waals surface area contributed by atoms with Gasteiger partial charge in [-0.2, -0.15) is 5.10 Å². The van der Waals surface area contributed by atoms with E-state index in [9.17, 15) is 0 Å². The Morgan fingerprint density at radius 2 is 2.46 bits per heavy atom. The molecule has 0 spiro atoms. The number of aromatic nitrogens is 4. The molecule has 0 bridgehead atoms. The van der Waals surface area contributed by atoms with Crippen molar-refractivity contribution < 1.29 is 4.74 Å². The third kappa shape index (κ3) is 2.03. The van der Waals surface area contributed by atoms with E-state index in [2.05, 4.69) is 14.7 Å². The molecule has 0 fully saturated rings. The van der Waals surface area contributed by atoms with Crippen molar-refractivity contribution in [3.05, 3.63) is 23.5 Å². The van der Waals surface area contributed by atoms with Crippen molar-refractivity contribution in [1.29, 1.82) is 0 Å². The summed E-state index contributed by atoms with van der Waals surface area (Å²) < 4.78 is 10.8. The van der Waals surface area contributed by atoms with Crippen molar-refractivity contribution in [1.82, 2.24) is 19.4 Å². The Labute approximate surface area is 79.1 Å². The third-order valence-electron chi connectivity index (χ3n) is 1.47. The number of hydrogen-bond acceptors (Lipinski definition) is 5. The van der Waals surface area contributed by atoms with Crippen molar-refractivity contribution in [2.45, 2.75) is 6.61 Å². The molecule has 0 aliphatic rings.